The highest BCUT2D eigenvalue weighted by molar-refractivity contribution is 7.16. The van der Waals surface area contributed by atoms with Gasteiger partial charge in [-0.2, -0.15) is 31.3 Å². The number of aromatic nitrogens is 1. The van der Waals surface area contributed by atoms with Crippen LogP contribution in [0.3, 0.4) is 0 Å². The predicted molar refractivity (Wildman–Crippen MR) is 112 cm³/mol. The lowest BCUT2D eigenvalue weighted by atomic mass is 10.0. The molecule has 37 heavy (non-hydrogen) atoms. The largest absolute Gasteiger partial charge is 0.474 e. The van der Waals surface area contributed by atoms with E-state index in [9.17, 15) is 45.1 Å². The number of halogens is 7. The third-order valence-corrected chi connectivity index (χ3v) is 5.27. The first-order valence-electron chi connectivity index (χ1n) is 9.68. The zero-order valence-electron chi connectivity index (χ0n) is 17.8. The molecule has 0 atom stereocenters. The number of alkyl halides is 6. The van der Waals surface area contributed by atoms with Gasteiger partial charge >= 0.3 is 24.2 Å². The fourth-order valence-corrected chi connectivity index (χ4v) is 3.57. The van der Waals surface area contributed by atoms with Crippen LogP contribution in [-0.2, 0) is 28.5 Å². The number of rotatable bonds is 6. The van der Waals surface area contributed by atoms with E-state index in [0.717, 1.165) is 12.1 Å². The van der Waals surface area contributed by atoms with Gasteiger partial charge in [-0.05, 0) is 35.9 Å². The lowest BCUT2D eigenvalue weighted by molar-refractivity contribution is -0.147. The van der Waals surface area contributed by atoms with Crippen LogP contribution in [0.15, 0.2) is 42.5 Å². The number of hydrogen-bond acceptors (Lipinski definition) is 6. The fourth-order valence-electron chi connectivity index (χ4n) is 2.76. The predicted octanol–water partition coefficient (Wildman–Crippen LogP) is 5.07. The number of nitrogens with zero attached hydrogens (tertiary/aromatic N) is 1. The van der Waals surface area contributed by atoms with Gasteiger partial charge in [0.25, 0.3) is 11.1 Å². The van der Waals surface area contributed by atoms with Gasteiger partial charge < -0.3 is 15.2 Å². The molecule has 3 aromatic rings. The molecule has 0 aliphatic heterocycles. The SMILES string of the molecule is O=C(O)C(=O)Nc1nc(Oc2cccc(F)c2)sc1C(=O)NCc1cc(C(F)(F)F)cc(C(F)(F)F)c1. The number of aliphatic carboxylic acids is 1. The lowest BCUT2D eigenvalue weighted by Crippen LogP contribution is -2.26. The van der Waals surface area contributed by atoms with E-state index >= 15 is 0 Å². The van der Waals surface area contributed by atoms with E-state index in [2.05, 4.69) is 10.3 Å². The summed E-state index contributed by atoms with van der Waals surface area (Å²) in [5.74, 6) is -6.09. The van der Waals surface area contributed by atoms with Crippen LogP contribution in [-0.4, -0.2) is 27.9 Å². The molecule has 0 saturated carbocycles. The maximum atomic E-state index is 13.4. The molecule has 0 saturated heterocycles. The maximum absolute atomic E-state index is 13.4. The van der Waals surface area contributed by atoms with Crippen LogP contribution < -0.4 is 15.4 Å². The van der Waals surface area contributed by atoms with Crippen molar-refractivity contribution in [1.29, 1.82) is 0 Å². The van der Waals surface area contributed by atoms with Gasteiger partial charge in [-0.1, -0.05) is 17.4 Å². The van der Waals surface area contributed by atoms with Crippen molar-refractivity contribution in [3.8, 4) is 10.9 Å². The second kappa shape index (κ2) is 10.4. The molecule has 3 N–H and O–H groups in total. The van der Waals surface area contributed by atoms with Gasteiger partial charge in [0, 0.05) is 12.6 Å². The van der Waals surface area contributed by atoms with E-state index in [-0.39, 0.29) is 17.0 Å². The second-order valence-corrected chi connectivity index (χ2v) is 8.03. The smallest absolute Gasteiger partial charge is 0.416 e. The van der Waals surface area contributed by atoms with Gasteiger partial charge in [-0.15, -0.1) is 0 Å². The van der Waals surface area contributed by atoms with Crippen molar-refractivity contribution in [2.75, 3.05) is 5.32 Å². The number of ether oxygens (including phenoxy) is 1. The van der Waals surface area contributed by atoms with Crippen molar-refractivity contribution in [2.45, 2.75) is 18.9 Å². The van der Waals surface area contributed by atoms with Crippen LogP contribution in [0, 0.1) is 5.82 Å². The van der Waals surface area contributed by atoms with Crippen molar-refractivity contribution < 1.29 is 55.0 Å². The highest BCUT2D eigenvalue weighted by Gasteiger charge is 2.37. The molecule has 2 aromatic carbocycles. The molecular weight excluding hydrogens is 539 g/mol. The average Bonchev–Trinajstić information content (AvgIpc) is 3.18. The summed E-state index contributed by atoms with van der Waals surface area (Å²) in [5.41, 5.74) is -3.73. The summed E-state index contributed by atoms with van der Waals surface area (Å²) in [6, 6.07) is 5.38. The second-order valence-electron chi connectivity index (χ2n) is 7.07. The van der Waals surface area contributed by atoms with Crippen molar-refractivity contribution >= 4 is 34.9 Å². The minimum absolute atomic E-state index is 0.0793. The molecule has 196 valence electrons. The Hall–Kier alpha value is -4.21. The fraction of sp³-hybridized carbons (Fsp3) is 0.143. The van der Waals surface area contributed by atoms with Crippen LogP contribution in [0.2, 0.25) is 0 Å². The van der Waals surface area contributed by atoms with Crippen molar-refractivity contribution in [2.24, 2.45) is 0 Å². The van der Waals surface area contributed by atoms with Gasteiger partial charge in [0.2, 0.25) is 0 Å². The monoisotopic (exact) mass is 551 g/mol. The quantitative estimate of drug-likeness (QED) is 0.291. The minimum atomic E-state index is -5.10. The molecule has 0 bridgehead atoms. The average molecular weight is 551 g/mol. The van der Waals surface area contributed by atoms with E-state index in [1.165, 1.54) is 12.1 Å². The Balaban J connectivity index is 1.89. The third-order valence-electron chi connectivity index (χ3n) is 4.34. The number of carboxylic acid groups (broad SMARTS) is 1. The minimum Gasteiger partial charge on any atom is -0.474 e. The zero-order valence-corrected chi connectivity index (χ0v) is 18.6. The Labute approximate surface area is 205 Å². The number of anilines is 1. The van der Waals surface area contributed by atoms with Gasteiger partial charge in [0.1, 0.15) is 16.4 Å². The van der Waals surface area contributed by atoms with E-state index in [1.54, 1.807) is 0 Å². The summed E-state index contributed by atoms with van der Waals surface area (Å²) in [7, 11) is 0. The molecule has 0 unspecified atom stereocenters. The number of amides is 2. The molecule has 0 spiro atoms. The van der Waals surface area contributed by atoms with Crippen LogP contribution in [0.5, 0.6) is 10.9 Å². The first-order valence-corrected chi connectivity index (χ1v) is 10.5. The van der Waals surface area contributed by atoms with Gasteiger partial charge in [0.05, 0.1) is 11.1 Å². The Morgan fingerprint density at radius 2 is 1.59 bits per heavy atom. The van der Waals surface area contributed by atoms with Crippen molar-refractivity contribution in [3.05, 3.63) is 69.8 Å². The van der Waals surface area contributed by atoms with Crippen LogP contribution >= 0.6 is 11.3 Å². The van der Waals surface area contributed by atoms with Gasteiger partial charge in [0.15, 0.2) is 5.82 Å². The Morgan fingerprint density at radius 3 is 2.14 bits per heavy atom. The van der Waals surface area contributed by atoms with Crippen LogP contribution in [0.1, 0.15) is 26.4 Å². The van der Waals surface area contributed by atoms with Crippen LogP contribution in [0.25, 0.3) is 0 Å². The number of carboxylic acids is 1. The molecule has 16 heteroatoms. The molecule has 0 fully saturated rings. The topological polar surface area (TPSA) is 118 Å². The molecule has 8 nitrogen and oxygen atoms in total. The standard InChI is InChI=1S/C21H12F7N3O5S/c22-12-2-1-3-13(7-12)36-19-31-15(30-17(33)18(34)35)14(37-19)16(32)29-8-9-4-10(20(23,24)25)6-11(5-9)21(26,27)28/h1-7H,8H2,(H,29,32)(H,30,33)(H,34,35). The summed E-state index contributed by atoms with van der Waals surface area (Å²) in [4.78, 5) is 38.3. The molecule has 1 aromatic heterocycles. The Bertz CT molecular complexity index is 1320. The number of nitrogens with one attached hydrogen (secondary N) is 2. The summed E-state index contributed by atoms with van der Waals surface area (Å²) in [6.45, 7) is -0.809. The maximum Gasteiger partial charge on any atom is 0.416 e. The van der Waals surface area contributed by atoms with E-state index in [4.69, 9.17) is 9.84 Å². The highest BCUT2D eigenvalue weighted by atomic mass is 32.1. The van der Waals surface area contributed by atoms with Crippen molar-refractivity contribution in [3.63, 3.8) is 0 Å². The third kappa shape index (κ3) is 7.16. The first kappa shape index (κ1) is 27.4. The number of thiazole rings is 1. The molecule has 3 rings (SSSR count). The molecule has 2 amide bonds. The van der Waals surface area contributed by atoms with Gasteiger partial charge in [-0.25, -0.2) is 9.18 Å². The van der Waals surface area contributed by atoms with E-state index in [0.29, 0.717) is 23.5 Å². The van der Waals surface area contributed by atoms with E-state index < -0.39 is 69.9 Å². The van der Waals surface area contributed by atoms with Gasteiger partial charge in [-0.3, -0.25) is 14.9 Å². The molecule has 1 heterocycles. The summed E-state index contributed by atoms with van der Waals surface area (Å²) >= 11 is 0.436. The highest BCUT2D eigenvalue weighted by Crippen LogP contribution is 2.37. The first-order chi connectivity index (χ1) is 17.1. The Morgan fingerprint density at radius 1 is 0.973 bits per heavy atom. The lowest BCUT2D eigenvalue weighted by Gasteiger charge is -2.14. The normalized spacial score (nSPS) is 11.6. The molecule has 0 aliphatic rings. The van der Waals surface area contributed by atoms with Crippen LogP contribution in [0.4, 0.5) is 36.6 Å². The Kier molecular flexibility index (Phi) is 7.71. The number of carbonyl (C=O) groups is 3. The number of carbonyl (C=O) groups excluding carboxylic acids is 2. The number of hydrogen-bond donors (Lipinski definition) is 3. The summed E-state index contributed by atoms with van der Waals surface area (Å²) < 4.78 is 97.0. The molecular formula is C21H12F7N3O5S. The van der Waals surface area contributed by atoms with Crippen molar-refractivity contribution in [1.82, 2.24) is 10.3 Å². The molecule has 0 radical (unpaired) electrons. The summed E-state index contributed by atoms with van der Waals surface area (Å²) in [5, 5.41) is 12.3. The number of benzene rings is 2. The summed E-state index contributed by atoms with van der Waals surface area (Å²) in [6.07, 6.45) is -10.2. The molecule has 0 aliphatic carbocycles. The zero-order chi connectivity index (χ0) is 27.5. The van der Waals surface area contributed by atoms with E-state index in [1.807, 2.05) is 5.32 Å².